The Morgan fingerprint density at radius 3 is 2.32 bits per heavy atom. The summed E-state index contributed by atoms with van der Waals surface area (Å²) in [4.78, 5) is 2.48. The average Bonchev–Trinajstić information content (AvgIpc) is 3.20. The van der Waals surface area contributed by atoms with Gasteiger partial charge < -0.3 is 9.64 Å². The van der Waals surface area contributed by atoms with Gasteiger partial charge in [-0.15, -0.1) is 5.10 Å². The van der Waals surface area contributed by atoms with Crippen molar-refractivity contribution in [1.82, 2.24) is 20.2 Å². The van der Waals surface area contributed by atoms with Crippen LogP contribution in [0.1, 0.15) is 33.9 Å². The van der Waals surface area contributed by atoms with Gasteiger partial charge in [-0.25, -0.2) is 0 Å². The van der Waals surface area contributed by atoms with Crippen LogP contribution in [0.4, 0.5) is 32.3 Å². The van der Waals surface area contributed by atoms with E-state index in [2.05, 4.69) is 15.4 Å². The van der Waals surface area contributed by atoms with Crippen molar-refractivity contribution in [2.45, 2.75) is 24.9 Å². The molecule has 1 aromatic heterocycles. The zero-order valence-electron chi connectivity index (χ0n) is 17.9. The van der Waals surface area contributed by atoms with E-state index in [0.717, 1.165) is 23.0 Å². The van der Waals surface area contributed by atoms with Crippen LogP contribution in [0.2, 0.25) is 0 Å². The van der Waals surface area contributed by atoms with Gasteiger partial charge in [-0.2, -0.15) is 36.4 Å². The van der Waals surface area contributed by atoms with E-state index in [0.29, 0.717) is 6.07 Å². The number of hydrogen-bond acceptors (Lipinski definition) is 6. The molecule has 0 radical (unpaired) electrons. The number of aromatic nitrogens is 4. The minimum atomic E-state index is -4.70. The van der Waals surface area contributed by atoms with Gasteiger partial charge in [0.25, 0.3) is 5.95 Å². The van der Waals surface area contributed by atoms with E-state index in [1.807, 2.05) is 0 Å². The van der Waals surface area contributed by atoms with E-state index < -0.39 is 29.5 Å². The van der Waals surface area contributed by atoms with Crippen molar-refractivity contribution in [1.29, 1.82) is 5.26 Å². The highest BCUT2D eigenvalue weighted by molar-refractivity contribution is 5.43. The molecule has 13 heteroatoms. The predicted molar refractivity (Wildman–Crippen MR) is 107 cm³/mol. The zero-order chi connectivity index (χ0) is 25.1. The molecule has 3 rings (SSSR count). The van der Waals surface area contributed by atoms with Crippen LogP contribution < -0.4 is 4.90 Å². The number of tetrazole rings is 1. The quantitative estimate of drug-likeness (QED) is 0.459. The van der Waals surface area contributed by atoms with E-state index in [4.69, 9.17) is 4.74 Å². The molecule has 1 heterocycles. The Morgan fingerprint density at radius 2 is 1.76 bits per heavy atom. The van der Waals surface area contributed by atoms with Crippen molar-refractivity contribution >= 4 is 5.95 Å². The molecule has 1 unspecified atom stereocenters. The summed E-state index contributed by atoms with van der Waals surface area (Å²) in [5.74, 6) is -0.0436. The minimum absolute atomic E-state index is 0.0436. The Labute approximate surface area is 190 Å². The van der Waals surface area contributed by atoms with Crippen molar-refractivity contribution in [2.24, 2.45) is 7.05 Å². The van der Waals surface area contributed by atoms with Crippen LogP contribution in [0.15, 0.2) is 42.5 Å². The molecule has 3 aromatic rings. The maximum Gasteiger partial charge on any atom is 0.416 e. The summed E-state index contributed by atoms with van der Waals surface area (Å²) in [5, 5.41) is 20.9. The van der Waals surface area contributed by atoms with Crippen LogP contribution in [0.3, 0.4) is 0 Å². The molecule has 0 aliphatic carbocycles. The summed E-state index contributed by atoms with van der Waals surface area (Å²) in [7, 11) is 2.79. The molecule has 2 aromatic carbocycles. The van der Waals surface area contributed by atoms with Gasteiger partial charge in [0.05, 0.1) is 42.5 Å². The van der Waals surface area contributed by atoms with Gasteiger partial charge >= 0.3 is 12.4 Å². The maximum absolute atomic E-state index is 13.4. The van der Waals surface area contributed by atoms with E-state index in [9.17, 15) is 31.6 Å². The summed E-state index contributed by atoms with van der Waals surface area (Å²) < 4.78 is 85.2. The molecule has 0 saturated heterocycles. The van der Waals surface area contributed by atoms with Crippen LogP contribution in [0.5, 0.6) is 0 Å². The topological polar surface area (TPSA) is 79.9 Å². The number of methoxy groups -OCH3 is 1. The monoisotopic (exact) mass is 484 g/mol. The molecule has 34 heavy (non-hydrogen) atoms. The molecule has 0 saturated carbocycles. The van der Waals surface area contributed by atoms with E-state index in [-0.39, 0.29) is 35.8 Å². The van der Waals surface area contributed by atoms with Crippen molar-refractivity contribution < 1.29 is 31.1 Å². The fraction of sp³-hybridized carbons (Fsp3) is 0.333. The first kappa shape index (κ1) is 25.0. The fourth-order valence-electron chi connectivity index (χ4n) is 3.36. The van der Waals surface area contributed by atoms with Gasteiger partial charge in [0, 0.05) is 13.7 Å². The number of alkyl halides is 6. The number of rotatable bonds is 7. The SMILES string of the molecule is COCC(c1cccc(C(F)(F)F)c1)N(Cc1cc(C#N)cc(C(F)(F)F)c1)c1nnn(C)n1. The standard InChI is InChI=1S/C21H18F6N6O/c1-32-30-19(29-31-32)33(11-14-6-13(10-28)7-17(8-14)21(25,26)27)18(12-34-2)15-4-3-5-16(9-15)20(22,23)24/h3-9,18H,11-12H2,1-2H3. The first-order valence-corrected chi connectivity index (χ1v) is 9.70. The summed E-state index contributed by atoms with van der Waals surface area (Å²) in [6.45, 7) is -0.405. The van der Waals surface area contributed by atoms with Gasteiger partial charge in [-0.3, -0.25) is 0 Å². The molecule has 7 nitrogen and oxygen atoms in total. The second-order valence-electron chi connectivity index (χ2n) is 7.33. The van der Waals surface area contributed by atoms with Crippen LogP contribution in [0.25, 0.3) is 0 Å². The van der Waals surface area contributed by atoms with E-state index in [1.165, 1.54) is 37.3 Å². The third-order valence-electron chi connectivity index (χ3n) is 4.86. The number of benzene rings is 2. The number of halogens is 6. The molecule has 0 amide bonds. The van der Waals surface area contributed by atoms with E-state index >= 15 is 0 Å². The van der Waals surface area contributed by atoms with Crippen molar-refractivity contribution in [3.63, 3.8) is 0 Å². The highest BCUT2D eigenvalue weighted by Gasteiger charge is 2.34. The molecule has 0 aliphatic heterocycles. The Balaban J connectivity index is 2.12. The predicted octanol–water partition coefficient (Wildman–Crippen LogP) is 4.51. The van der Waals surface area contributed by atoms with Crippen LogP contribution in [-0.4, -0.2) is 33.9 Å². The summed E-state index contributed by atoms with van der Waals surface area (Å²) in [6, 6.07) is 8.11. The lowest BCUT2D eigenvalue weighted by molar-refractivity contribution is -0.138. The van der Waals surface area contributed by atoms with Gasteiger partial charge in [0.2, 0.25) is 0 Å². The van der Waals surface area contributed by atoms with Gasteiger partial charge in [0.1, 0.15) is 0 Å². The van der Waals surface area contributed by atoms with Gasteiger partial charge in [-0.1, -0.05) is 17.2 Å². The Bertz CT molecular complexity index is 1180. The summed E-state index contributed by atoms with van der Waals surface area (Å²) in [5.41, 5.74) is -1.90. The van der Waals surface area contributed by atoms with Gasteiger partial charge in [0.15, 0.2) is 0 Å². The fourth-order valence-corrected chi connectivity index (χ4v) is 3.36. The Kier molecular flexibility index (Phi) is 7.11. The molecule has 0 fully saturated rings. The highest BCUT2D eigenvalue weighted by Crippen LogP contribution is 2.35. The highest BCUT2D eigenvalue weighted by atomic mass is 19.4. The molecule has 0 spiro atoms. The smallest absolute Gasteiger partial charge is 0.382 e. The van der Waals surface area contributed by atoms with Crippen molar-refractivity contribution in [3.05, 3.63) is 70.3 Å². The third-order valence-corrected chi connectivity index (χ3v) is 4.86. The van der Waals surface area contributed by atoms with Gasteiger partial charge in [-0.05, 0) is 46.7 Å². The molecule has 1 atom stereocenters. The number of nitriles is 1. The molecule has 0 bridgehead atoms. The lowest BCUT2D eigenvalue weighted by atomic mass is 10.0. The summed E-state index contributed by atoms with van der Waals surface area (Å²) >= 11 is 0. The van der Waals surface area contributed by atoms with Crippen LogP contribution in [0, 0.1) is 11.3 Å². The van der Waals surface area contributed by atoms with Crippen molar-refractivity contribution in [3.8, 4) is 6.07 Å². The average molecular weight is 484 g/mol. The summed E-state index contributed by atoms with van der Waals surface area (Å²) in [6.07, 6.45) is -9.31. The lowest BCUT2D eigenvalue weighted by Crippen LogP contribution is -2.32. The number of nitrogens with zero attached hydrogens (tertiary/aromatic N) is 6. The van der Waals surface area contributed by atoms with Crippen molar-refractivity contribution in [2.75, 3.05) is 18.6 Å². The molecule has 0 N–H and O–H groups in total. The largest absolute Gasteiger partial charge is 0.416 e. The Morgan fingerprint density at radius 1 is 1.06 bits per heavy atom. The Hall–Kier alpha value is -3.66. The first-order chi connectivity index (χ1) is 15.9. The number of ether oxygens (including phenoxy) is 1. The van der Waals surface area contributed by atoms with Crippen LogP contribution >= 0.6 is 0 Å². The second kappa shape index (κ2) is 9.68. The molecular weight excluding hydrogens is 466 g/mol. The molecule has 180 valence electrons. The maximum atomic E-state index is 13.4. The zero-order valence-corrected chi connectivity index (χ0v) is 17.9. The number of hydrogen-bond donors (Lipinski definition) is 0. The van der Waals surface area contributed by atoms with Crippen LogP contribution in [-0.2, 0) is 30.7 Å². The van der Waals surface area contributed by atoms with E-state index in [1.54, 1.807) is 6.07 Å². The minimum Gasteiger partial charge on any atom is -0.382 e. The normalized spacial score (nSPS) is 12.9. The lowest BCUT2D eigenvalue weighted by Gasteiger charge is -2.31. The third kappa shape index (κ3) is 5.82. The number of aryl methyl sites for hydroxylation is 1. The molecule has 0 aliphatic rings. The molecular formula is C21H18F6N6O. The second-order valence-corrected chi connectivity index (χ2v) is 7.33. The number of anilines is 1. The first-order valence-electron chi connectivity index (χ1n) is 9.70.